The van der Waals surface area contributed by atoms with Crippen LogP contribution >= 0.6 is 0 Å². The largest absolute Gasteiger partial charge is 0.481 e. The quantitative estimate of drug-likeness (QED) is 0.756. The molecule has 0 heterocycles. The molecular weight excluding hydrogens is 274 g/mol. The zero-order valence-electron chi connectivity index (χ0n) is 10.3. The van der Waals surface area contributed by atoms with Crippen molar-refractivity contribution in [3.05, 3.63) is 35.4 Å². The number of nitrogens with one attached hydrogen (secondary N) is 2. The van der Waals surface area contributed by atoms with Gasteiger partial charge in [0.2, 0.25) is 5.91 Å². The van der Waals surface area contributed by atoms with Gasteiger partial charge in [-0.15, -0.1) is 0 Å². The van der Waals surface area contributed by atoms with E-state index in [-0.39, 0.29) is 18.5 Å². The van der Waals surface area contributed by atoms with Gasteiger partial charge in [-0.3, -0.25) is 14.9 Å². The fraction of sp³-hybridized carbons (Fsp3) is 0.250. The molecular formula is C12H12F2N2O4. The highest BCUT2D eigenvalue weighted by molar-refractivity contribution is 5.95. The molecule has 0 aliphatic heterocycles. The van der Waals surface area contributed by atoms with Crippen molar-refractivity contribution in [1.82, 2.24) is 10.6 Å². The Hall–Kier alpha value is -2.51. The molecule has 0 spiro atoms. The molecule has 3 amide bonds. The maximum absolute atomic E-state index is 13.2. The van der Waals surface area contributed by atoms with Crippen LogP contribution in [0.5, 0.6) is 0 Å². The van der Waals surface area contributed by atoms with Crippen LogP contribution in [-0.4, -0.2) is 23.0 Å². The molecule has 0 aromatic heterocycles. The van der Waals surface area contributed by atoms with Crippen LogP contribution in [-0.2, 0) is 16.1 Å². The first-order valence-electron chi connectivity index (χ1n) is 5.62. The summed E-state index contributed by atoms with van der Waals surface area (Å²) in [6, 6.07) is 1.99. The summed E-state index contributed by atoms with van der Waals surface area (Å²) in [5, 5.41) is 12.4. The van der Waals surface area contributed by atoms with E-state index in [1.54, 1.807) is 0 Å². The predicted octanol–water partition coefficient (Wildman–Crippen LogP) is 1.16. The number of rotatable bonds is 5. The molecule has 1 aromatic rings. The summed E-state index contributed by atoms with van der Waals surface area (Å²) >= 11 is 0. The summed E-state index contributed by atoms with van der Waals surface area (Å²) in [4.78, 5) is 32.6. The molecule has 108 valence electrons. The molecule has 0 saturated carbocycles. The highest BCUT2D eigenvalue weighted by atomic mass is 19.1. The summed E-state index contributed by atoms with van der Waals surface area (Å²) in [6.45, 7) is -0.232. The van der Waals surface area contributed by atoms with Crippen LogP contribution in [0.3, 0.4) is 0 Å². The van der Waals surface area contributed by atoms with Crippen LogP contribution in [0.2, 0.25) is 0 Å². The van der Waals surface area contributed by atoms with Crippen LogP contribution in [0.25, 0.3) is 0 Å². The first-order valence-corrected chi connectivity index (χ1v) is 5.62. The van der Waals surface area contributed by atoms with Gasteiger partial charge in [-0.05, 0) is 6.07 Å². The molecule has 0 bridgehead atoms. The monoisotopic (exact) mass is 286 g/mol. The van der Waals surface area contributed by atoms with Crippen molar-refractivity contribution in [2.45, 2.75) is 19.4 Å². The Bertz CT molecular complexity index is 534. The minimum atomic E-state index is -1.16. The van der Waals surface area contributed by atoms with E-state index >= 15 is 0 Å². The second-order valence-electron chi connectivity index (χ2n) is 3.86. The number of carbonyl (C=O) groups excluding carboxylic acids is 2. The number of hydrogen-bond donors (Lipinski definition) is 3. The van der Waals surface area contributed by atoms with Gasteiger partial charge in [0, 0.05) is 24.6 Å². The Morgan fingerprint density at radius 3 is 2.45 bits per heavy atom. The fourth-order valence-corrected chi connectivity index (χ4v) is 1.29. The van der Waals surface area contributed by atoms with Crippen LogP contribution in [0.15, 0.2) is 18.2 Å². The molecule has 0 aliphatic rings. The van der Waals surface area contributed by atoms with E-state index in [9.17, 15) is 23.2 Å². The van der Waals surface area contributed by atoms with E-state index < -0.39 is 36.0 Å². The topological polar surface area (TPSA) is 95.5 Å². The third-order valence-corrected chi connectivity index (χ3v) is 2.27. The highest BCUT2D eigenvalue weighted by Crippen LogP contribution is 2.08. The summed E-state index contributed by atoms with van der Waals surface area (Å²) in [5.74, 6) is -3.47. The smallest absolute Gasteiger partial charge is 0.321 e. The SMILES string of the molecule is O=C(O)CCC(=O)NC(=O)NCc1ccc(F)cc1F. The molecule has 3 N–H and O–H groups in total. The molecule has 0 fully saturated rings. The third-order valence-electron chi connectivity index (χ3n) is 2.27. The number of carboxylic acids is 1. The zero-order chi connectivity index (χ0) is 15.1. The number of halogens is 2. The van der Waals surface area contributed by atoms with Crippen molar-refractivity contribution in [3.63, 3.8) is 0 Å². The molecule has 8 heteroatoms. The number of amides is 3. The molecule has 0 aliphatic carbocycles. The highest BCUT2D eigenvalue weighted by Gasteiger charge is 2.10. The van der Waals surface area contributed by atoms with E-state index in [4.69, 9.17) is 5.11 Å². The Morgan fingerprint density at radius 2 is 1.85 bits per heavy atom. The number of carboxylic acid groups (broad SMARTS) is 1. The van der Waals surface area contributed by atoms with Crippen molar-refractivity contribution in [2.24, 2.45) is 0 Å². The molecule has 0 radical (unpaired) electrons. The van der Waals surface area contributed by atoms with Crippen LogP contribution in [0, 0.1) is 11.6 Å². The third kappa shape index (κ3) is 5.42. The minimum absolute atomic E-state index is 0.0551. The predicted molar refractivity (Wildman–Crippen MR) is 63.6 cm³/mol. The van der Waals surface area contributed by atoms with E-state index in [0.717, 1.165) is 12.1 Å². The summed E-state index contributed by atoms with van der Waals surface area (Å²) < 4.78 is 25.9. The van der Waals surface area contributed by atoms with Gasteiger partial charge in [-0.2, -0.15) is 0 Å². The second-order valence-corrected chi connectivity index (χ2v) is 3.86. The van der Waals surface area contributed by atoms with E-state index in [2.05, 4.69) is 5.32 Å². The number of urea groups is 1. The van der Waals surface area contributed by atoms with Gasteiger partial charge in [0.25, 0.3) is 0 Å². The standard InChI is InChI=1S/C12H12F2N2O4/c13-8-2-1-7(9(14)5-8)6-15-12(20)16-10(17)3-4-11(18)19/h1-2,5H,3-4,6H2,(H,18,19)(H2,15,16,17,20). The lowest BCUT2D eigenvalue weighted by Gasteiger charge is -2.07. The summed E-state index contributed by atoms with van der Waals surface area (Å²) in [6.07, 6.45) is -0.737. The van der Waals surface area contributed by atoms with Gasteiger partial charge in [0.05, 0.1) is 6.42 Å². The number of imide groups is 1. The Balaban J connectivity index is 2.39. The van der Waals surface area contributed by atoms with Crippen LogP contribution in [0.4, 0.5) is 13.6 Å². The number of benzene rings is 1. The number of carbonyl (C=O) groups is 3. The van der Waals surface area contributed by atoms with Gasteiger partial charge < -0.3 is 10.4 Å². The molecule has 20 heavy (non-hydrogen) atoms. The van der Waals surface area contributed by atoms with E-state index in [1.807, 2.05) is 5.32 Å². The fourth-order valence-electron chi connectivity index (χ4n) is 1.29. The van der Waals surface area contributed by atoms with Crippen molar-refractivity contribution < 1.29 is 28.3 Å². The number of aliphatic carboxylic acids is 1. The van der Waals surface area contributed by atoms with Crippen molar-refractivity contribution in [1.29, 1.82) is 0 Å². The Kier molecular flexibility index (Phi) is 5.57. The molecule has 0 unspecified atom stereocenters. The maximum atomic E-state index is 13.2. The van der Waals surface area contributed by atoms with Gasteiger partial charge >= 0.3 is 12.0 Å². The lowest BCUT2D eigenvalue weighted by atomic mass is 10.2. The Morgan fingerprint density at radius 1 is 1.15 bits per heavy atom. The van der Waals surface area contributed by atoms with Crippen molar-refractivity contribution in [3.8, 4) is 0 Å². The average Bonchev–Trinajstić information content (AvgIpc) is 2.35. The first-order chi connectivity index (χ1) is 9.38. The number of hydrogen-bond acceptors (Lipinski definition) is 3. The lowest BCUT2D eigenvalue weighted by molar-refractivity contribution is -0.138. The zero-order valence-corrected chi connectivity index (χ0v) is 10.3. The van der Waals surface area contributed by atoms with E-state index in [0.29, 0.717) is 6.07 Å². The van der Waals surface area contributed by atoms with Gasteiger partial charge in [0.1, 0.15) is 11.6 Å². The molecule has 0 atom stereocenters. The summed E-state index contributed by atoms with van der Waals surface area (Å²) in [5.41, 5.74) is 0.0551. The summed E-state index contributed by atoms with van der Waals surface area (Å²) in [7, 11) is 0. The molecule has 0 saturated heterocycles. The van der Waals surface area contributed by atoms with Gasteiger partial charge in [-0.1, -0.05) is 6.07 Å². The molecule has 6 nitrogen and oxygen atoms in total. The van der Waals surface area contributed by atoms with Gasteiger partial charge in [-0.25, -0.2) is 13.6 Å². The average molecular weight is 286 g/mol. The normalized spacial score (nSPS) is 9.90. The van der Waals surface area contributed by atoms with E-state index in [1.165, 1.54) is 0 Å². The van der Waals surface area contributed by atoms with Crippen molar-refractivity contribution >= 4 is 17.9 Å². The Labute approximate surface area is 112 Å². The lowest BCUT2D eigenvalue weighted by Crippen LogP contribution is -2.39. The minimum Gasteiger partial charge on any atom is -0.481 e. The van der Waals surface area contributed by atoms with Gasteiger partial charge in [0.15, 0.2) is 0 Å². The van der Waals surface area contributed by atoms with Crippen molar-refractivity contribution in [2.75, 3.05) is 0 Å². The molecule has 1 aromatic carbocycles. The second kappa shape index (κ2) is 7.17. The molecule has 1 rings (SSSR count). The first kappa shape index (κ1) is 15.5. The maximum Gasteiger partial charge on any atom is 0.321 e. The van der Waals surface area contributed by atoms with Crippen LogP contribution < -0.4 is 10.6 Å². The van der Waals surface area contributed by atoms with Crippen LogP contribution in [0.1, 0.15) is 18.4 Å².